The Bertz CT molecular complexity index is 305. The molecule has 0 saturated heterocycles. The zero-order valence-electron chi connectivity index (χ0n) is 12.1. The van der Waals surface area contributed by atoms with Gasteiger partial charge >= 0.3 is 0 Å². The van der Waals surface area contributed by atoms with E-state index < -0.39 is 0 Å². The molecular weight excluding hydrogens is 240 g/mol. The summed E-state index contributed by atoms with van der Waals surface area (Å²) < 4.78 is 0. The molecule has 0 unspecified atom stereocenters. The van der Waals surface area contributed by atoms with Gasteiger partial charge in [-0.1, -0.05) is 32.1 Å². The quantitative estimate of drug-likeness (QED) is 0.711. The van der Waals surface area contributed by atoms with Gasteiger partial charge in [0.2, 0.25) is 5.91 Å². The van der Waals surface area contributed by atoms with Crippen molar-refractivity contribution in [1.29, 1.82) is 0 Å². The molecule has 1 amide bonds. The number of aliphatic hydroxyl groups excluding tert-OH is 1. The number of hydrogen-bond donors (Lipinski definition) is 3. The van der Waals surface area contributed by atoms with Crippen LogP contribution in [0.3, 0.4) is 0 Å². The Kier molecular flexibility index (Phi) is 4.85. The summed E-state index contributed by atoms with van der Waals surface area (Å²) >= 11 is 0. The highest BCUT2D eigenvalue weighted by Gasteiger charge is 2.38. The van der Waals surface area contributed by atoms with E-state index in [1.165, 1.54) is 19.3 Å². The van der Waals surface area contributed by atoms with Crippen LogP contribution in [0.1, 0.15) is 64.2 Å². The fraction of sp³-hybridized carbons (Fsp3) is 0.933. The zero-order chi connectivity index (χ0) is 13.8. The molecule has 0 radical (unpaired) electrons. The van der Waals surface area contributed by atoms with Gasteiger partial charge < -0.3 is 15.7 Å². The summed E-state index contributed by atoms with van der Waals surface area (Å²) in [5, 5.41) is 16.1. The number of rotatable bonds is 5. The van der Waals surface area contributed by atoms with Crippen molar-refractivity contribution in [2.45, 2.75) is 75.3 Å². The second-order valence-corrected chi connectivity index (χ2v) is 6.46. The van der Waals surface area contributed by atoms with Crippen LogP contribution < -0.4 is 10.6 Å². The van der Waals surface area contributed by atoms with Crippen LogP contribution in [0.2, 0.25) is 0 Å². The van der Waals surface area contributed by atoms with Crippen LogP contribution in [0.5, 0.6) is 0 Å². The molecule has 4 heteroatoms. The van der Waals surface area contributed by atoms with Crippen LogP contribution in [-0.4, -0.2) is 35.7 Å². The Morgan fingerprint density at radius 2 is 1.53 bits per heavy atom. The van der Waals surface area contributed by atoms with Gasteiger partial charge in [0.25, 0.3) is 0 Å². The van der Waals surface area contributed by atoms with E-state index in [1.807, 2.05) is 7.05 Å². The number of hydrogen-bond acceptors (Lipinski definition) is 3. The molecule has 2 aliphatic carbocycles. The van der Waals surface area contributed by atoms with Gasteiger partial charge in [-0.3, -0.25) is 4.79 Å². The van der Waals surface area contributed by atoms with Gasteiger partial charge in [0.15, 0.2) is 0 Å². The van der Waals surface area contributed by atoms with Gasteiger partial charge in [0, 0.05) is 12.0 Å². The Morgan fingerprint density at radius 1 is 1.00 bits per heavy atom. The minimum atomic E-state index is -0.333. The Balaban J connectivity index is 1.92. The molecule has 19 heavy (non-hydrogen) atoms. The van der Waals surface area contributed by atoms with Crippen molar-refractivity contribution in [3.63, 3.8) is 0 Å². The molecule has 0 heterocycles. The minimum absolute atomic E-state index is 0.0163. The first-order valence-electron chi connectivity index (χ1n) is 7.75. The van der Waals surface area contributed by atoms with Gasteiger partial charge in [0.1, 0.15) is 0 Å². The summed E-state index contributed by atoms with van der Waals surface area (Å²) in [7, 11) is 1.97. The molecular formula is C15H28N2O2. The van der Waals surface area contributed by atoms with Crippen LogP contribution in [0.25, 0.3) is 0 Å². The molecule has 110 valence electrons. The Morgan fingerprint density at radius 3 is 2.05 bits per heavy atom. The van der Waals surface area contributed by atoms with E-state index in [0.29, 0.717) is 6.42 Å². The summed E-state index contributed by atoms with van der Waals surface area (Å²) in [6.45, 7) is 0.0747. The number of nitrogens with one attached hydrogen (secondary N) is 2. The number of carbonyl (C=O) groups excluding carboxylic acids is 1. The van der Waals surface area contributed by atoms with Gasteiger partial charge in [-0.2, -0.15) is 0 Å². The van der Waals surface area contributed by atoms with Crippen LogP contribution in [0, 0.1) is 0 Å². The molecule has 0 aromatic heterocycles. The second-order valence-electron chi connectivity index (χ2n) is 6.46. The molecule has 3 N–H and O–H groups in total. The van der Waals surface area contributed by atoms with Gasteiger partial charge in [0.05, 0.1) is 12.1 Å². The maximum absolute atomic E-state index is 12.3. The number of aliphatic hydroxyl groups is 1. The summed E-state index contributed by atoms with van der Waals surface area (Å²) in [5.74, 6) is 0.104. The van der Waals surface area contributed by atoms with Crippen LogP contribution in [0.15, 0.2) is 0 Å². The topological polar surface area (TPSA) is 61.4 Å². The van der Waals surface area contributed by atoms with Crippen LogP contribution in [0.4, 0.5) is 0 Å². The second kappa shape index (κ2) is 6.23. The molecule has 0 aliphatic heterocycles. The SMILES string of the molecule is CNC1(CC(=O)NC2(CO)CCCC2)CCCCC1. The lowest BCUT2D eigenvalue weighted by molar-refractivity contribution is -0.125. The van der Waals surface area contributed by atoms with Crippen molar-refractivity contribution in [3.05, 3.63) is 0 Å². The zero-order valence-corrected chi connectivity index (χ0v) is 12.1. The van der Waals surface area contributed by atoms with Crippen molar-refractivity contribution in [2.24, 2.45) is 0 Å². The number of carbonyl (C=O) groups is 1. The van der Waals surface area contributed by atoms with Crippen LogP contribution in [-0.2, 0) is 4.79 Å². The van der Waals surface area contributed by atoms with Gasteiger partial charge in [-0.25, -0.2) is 0 Å². The standard InChI is InChI=1S/C15H28N2O2/c1-16-14(7-3-2-4-8-14)11-13(19)17-15(12-18)9-5-6-10-15/h16,18H,2-12H2,1H3,(H,17,19). The first kappa shape index (κ1) is 14.8. The van der Waals surface area contributed by atoms with Crippen molar-refractivity contribution in [1.82, 2.24) is 10.6 Å². The van der Waals surface area contributed by atoms with E-state index in [4.69, 9.17) is 0 Å². The van der Waals surface area contributed by atoms with Crippen molar-refractivity contribution < 1.29 is 9.90 Å². The highest BCUT2D eigenvalue weighted by molar-refractivity contribution is 5.78. The molecule has 0 aromatic carbocycles. The largest absolute Gasteiger partial charge is 0.394 e. The van der Waals surface area contributed by atoms with Crippen molar-refractivity contribution in [3.8, 4) is 0 Å². The first-order valence-corrected chi connectivity index (χ1v) is 7.75. The first-order chi connectivity index (χ1) is 9.14. The average Bonchev–Trinajstić information content (AvgIpc) is 2.88. The maximum atomic E-state index is 12.3. The molecule has 0 spiro atoms. The predicted octanol–water partition coefficient (Wildman–Crippen LogP) is 1.72. The summed E-state index contributed by atoms with van der Waals surface area (Å²) in [5.41, 5.74) is -0.349. The fourth-order valence-corrected chi connectivity index (χ4v) is 3.77. The molecule has 0 aromatic rings. The smallest absolute Gasteiger partial charge is 0.222 e. The lowest BCUT2D eigenvalue weighted by atomic mass is 9.79. The summed E-state index contributed by atoms with van der Waals surface area (Å²) in [6, 6.07) is 0. The Hall–Kier alpha value is -0.610. The third-order valence-corrected chi connectivity index (χ3v) is 5.11. The summed E-state index contributed by atoms with van der Waals surface area (Å²) in [6.07, 6.45) is 10.5. The average molecular weight is 268 g/mol. The van der Waals surface area contributed by atoms with E-state index in [2.05, 4.69) is 10.6 Å². The van der Waals surface area contributed by atoms with E-state index in [-0.39, 0.29) is 23.6 Å². The van der Waals surface area contributed by atoms with Crippen molar-refractivity contribution >= 4 is 5.91 Å². The van der Waals surface area contributed by atoms with Gasteiger partial charge in [-0.05, 0) is 32.7 Å². The normalized spacial score (nSPS) is 25.2. The van der Waals surface area contributed by atoms with E-state index in [1.54, 1.807) is 0 Å². The van der Waals surface area contributed by atoms with E-state index in [9.17, 15) is 9.90 Å². The van der Waals surface area contributed by atoms with Crippen molar-refractivity contribution in [2.75, 3.05) is 13.7 Å². The highest BCUT2D eigenvalue weighted by Crippen LogP contribution is 2.32. The third-order valence-electron chi connectivity index (χ3n) is 5.11. The molecule has 2 rings (SSSR count). The molecule has 4 nitrogen and oxygen atoms in total. The molecule has 2 fully saturated rings. The maximum Gasteiger partial charge on any atom is 0.222 e. The molecule has 2 aliphatic rings. The minimum Gasteiger partial charge on any atom is -0.394 e. The Labute approximate surface area is 116 Å². The fourth-order valence-electron chi connectivity index (χ4n) is 3.77. The van der Waals surface area contributed by atoms with E-state index >= 15 is 0 Å². The predicted molar refractivity (Wildman–Crippen MR) is 75.9 cm³/mol. The number of amides is 1. The lowest BCUT2D eigenvalue weighted by Gasteiger charge is -2.38. The third kappa shape index (κ3) is 3.48. The molecule has 2 saturated carbocycles. The lowest BCUT2D eigenvalue weighted by Crippen LogP contribution is -2.54. The monoisotopic (exact) mass is 268 g/mol. The molecule has 0 bridgehead atoms. The summed E-state index contributed by atoms with van der Waals surface area (Å²) in [4.78, 5) is 12.3. The molecule has 0 atom stereocenters. The van der Waals surface area contributed by atoms with Gasteiger partial charge in [-0.15, -0.1) is 0 Å². The van der Waals surface area contributed by atoms with E-state index in [0.717, 1.165) is 38.5 Å². The van der Waals surface area contributed by atoms with Crippen LogP contribution >= 0.6 is 0 Å². The highest BCUT2D eigenvalue weighted by atomic mass is 16.3.